The van der Waals surface area contributed by atoms with Gasteiger partial charge in [-0.2, -0.15) is 0 Å². The molecule has 1 saturated heterocycles. The summed E-state index contributed by atoms with van der Waals surface area (Å²) in [5.74, 6) is -1.30. The summed E-state index contributed by atoms with van der Waals surface area (Å²) >= 11 is 2.72. The number of likely N-dealkylation sites (tertiary alicyclic amines) is 1. The number of amides is 1. The summed E-state index contributed by atoms with van der Waals surface area (Å²) in [5.41, 5.74) is 1.84. The van der Waals surface area contributed by atoms with Crippen LogP contribution in [0.4, 0.5) is 9.52 Å². The van der Waals surface area contributed by atoms with Crippen LogP contribution in [0.1, 0.15) is 38.5 Å². The number of hydrogen-bond acceptors (Lipinski definition) is 6. The molecule has 2 aromatic heterocycles. The first-order chi connectivity index (χ1) is 17.0. The lowest BCUT2D eigenvalue weighted by molar-refractivity contribution is -0.117. The first-order valence-corrected chi connectivity index (χ1v) is 13.1. The number of thiophene rings is 1. The fraction of sp³-hybridized carbons (Fsp3) is 0.269. The van der Waals surface area contributed by atoms with E-state index >= 15 is 0 Å². The first kappa shape index (κ1) is 23.6. The van der Waals surface area contributed by atoms with Crippen molar-refractivity contribution < 1.29 is 19.1 Å². The number of carboxylic acids is 1. The monoisotopic (exact) mass is 509 g/mol. The van der Waals surface area contributed by atoms with E-state index in [2.05, 4.69) is 15.2 Å². The summed E-state index contributed by atoms with van der Waals surface area (Å²) in [7, 11) is 0. The normalized spacial score (nSPS) is 16.1. The number of nitrogens with one attached hydrogen (secondary N) is 1. The molecule has 1 atom stereocenters. The van der Waals surface area contributed by atoms with Crippen molar-refractivity contribution >= 4 is 49.8 Å². The Morgan fingerprint density at radius 3 is 2.74 bits per heavy atom. The van der Waals surface area contributed by atoms with Gasteiger partial charge < -0.3 is 10.4 Å². The second-order valence-electron chi connectivity index (χ2n) is 8.66. The zero-order valence-electron chi connectivity index (χ0n) is 18.9. The Morgan fingerprint density at radius 1 is 1.14 bits per heavy atom. The van der Waals surface area contributed by atoms with Crippen LogP contribution in [-0.4, -0.2) is 46.0 Å². The van der Waals surface area contributed by atoms with Gasteiger partial charge in [-0.1, -0.05) is 30.3 Å². The zero-order valence-corrected chi connectivity index (χ0v) is 20.5. The molecule has 4 aromatic rings. The molecule has 0 spiro atoms. The predicted octanol–water partition coefficient (Wildman–Crippen LogP) is 5.43. The van der Waals surface area contributed by atoms with Crippen molar-refractivity contribution in [3.63, 3.8) is 0 Å². The fourth-order valence-corrected chi connectivity index (χ4v) is 6.57. The quantitative estimate of drug-likeness (QED) is 0.331. The molecular formula is C26H24FN3O3S2. The Balaban J connectivity index is 1.22. The lowest BCUT2D eigenvalue weighted by atomic mass is 10.0. The number of carbonyl (C=O) groups excluding carboxylic acids is 1. The van der Waals surface area contributed by atoms with Crippen molar-refractivity contribution in [2.75, 3.05) is 18.4 Å². The topological polar surface area (TPSA) is 82.5 Å². The number of rotatable bonds is 8. The lowest BCUT2D eigenvalue weighted by Gasteiger charge is -2.23. The third kappa shape index (κ3) is 5.42. The largest absolute Gasteiger partial charge is 0.477 e. The number of halogens is 1. The molecule has 35 heavy (non-hydrogen) atoms. The molecule has 0 bridgehead atoms. The number of anilines is 1. The molecule has 1 aliphatic rings. The Kier molecular flexibility index (Phi) is 6.90. The summed E-state index contributed by atoms with van der Waals surface area (Å²) in [6.45, 7) is 1.04. The molecule has 3 heterocycles. The van der Waals surface area contributed by atoms with Gasteiger partial charge in [0.05, 0.1) is 6.54 Å². The molecule has 0 saturated carbocycles. The summed E-state index contributed by atoms with van der Waals surface area (Å²) in [4.78, 5) is 32.5. The standard InChI is InChI=1S/C26H24FN3O3S2/c27-17-9-7-16(8-10-17)12-19-14-28-26(34-19)29-23(31)15-30-11-3-4-18(30)13-21-20-5-1-2-6-22(20)35-24(21)25(32)33/h1-2,5-10,14,18H,3-4,11-13,15H2,(H,32,33)(H,28,29,31)/t18-/m1/s1. The average Bonchev–Trinajstić information content (AvgIpc) is 3.55. The van der Waals surface area contributed by atoms with Gasteiger partial charge in [-0.25, -0.2) is 14.2 Å². The second kappa shape index (κ2) is 10.2. The Morgan fingerprint density at radius 2 is 1.94 bits per heavy atom. The van der Waals surface area contributed by atoms with Crippen LogP contribution in [0.3, 0.4) is 0 Å². The third-order valence-corrected chi connectivity index (χ3v) is 8.38. The molecule has 9 heteroatoms. The van der Waals surface area contributed by atoms with Gasteiger partial charge in [0.1, 0.15) is 10.7 Å². The van der Waals surface area contributed by atoms with E-state index in [0.29, 0.717) is 22.9 Å². The summed E-state index contributed by atoms with van der Waals surface area (Å²) in [6.07, 6.45) is 4.87. The van der Waals surface area contributed by atoms with E-state index in [1.165, 1.54) is 34.8 Å². The van der Waals surface area contributed by atoms with Crippen LogP contribution in [0, 0.1) is 5.82 Å². The van der Waals surface area contributed by atoms with Gasteiger partial charge in [0, 0.05) is 28.2 Å². The number of aromatic nitrogens is 1. The van der Waals surface area contributed by atoms with E-state index in [1.807, 2.05) is 24.3 Å². The lowest BCUT2D eigenvalue weighted by Crippen LogP contribution is -2.38. The number of hydrogen-bond donors (Lipinski definition) is 2. The van der Waals surface area contributed by atoms with E-state index in [1.54, 1.807) is 18.3 Å². The van der Waals surface area contributed by atoms with Gasteiger partial charge in [-0.15, -0.1) is 22.7 Å². The van der Waals surface area contributed by atoms with E-state index in [0.717, 1.165) is 45.5 Å². The number of thiazole rings is 1. The summed E-state index contributed by atoms with van der Waals surface area (Å²) in [5, 5.41) is 14.2. The highest BCUT2D eigenvalue weighted by Gasteiger charge is 2.29. The van der Waals surface area contributed by atoms with Gasteiger partial charge in [-0.05, 0) is 60.5 Å². The maximum absolute atomic E-state index is 13.1. The highest BCUT2D eigenvalue weighted by atomic mass is 32.1. The number of aromatic carboxylic acids is 1. The smallest absolute Gasteiger partial charge is 0.346 e. The minimum absolute atomic E-state index is 0.113. The molecule has 2 aromatic carbocycles. The summed E-state index contributed by atoms with van der Waals surface area (Å²) < 4.78 is 14.1. The molecule has 0 aliphatic carbocycles. The molecule has 2 N–H and O–H groups in total. The van der Waals surface area contributed by atoms with Crippen LogP contribution >= 0.6 is 22.7 Å². The molecule has 0 radical (unpaired) electrons. The molecule has 1 amide bonds. The van der Waals surface area contributed by atoms with Crippen LogP contribution in [0.25, 0.3) is 10.1 Å². The fourth-order valence-electron chi connectivity index (χ4n) is 4.64. The molecule has 6 nitrogen and oxygen atoms in total. The number of benzene rings is 2. The molecule has 5 rings (SSSR count). The number of carboxylic acid groups (broad SMARTS) is 1. The van der Waals surface area contributed by atoms with Crippen molar-refractivity contribution in [3.05, 3.63) is 81.4 Å². The van der Waals surface area contributed by atoms with Gasteiger partial charge in [-0.3, -0.25) is 9.69 Å². The van der Waals surface area contributed by atoms with Gasteiger partial charge in [0.25, 0.3) is 0 Å². The van der Waals surface area contributed by atoms with Crippen LogP contribution in [-0.2, 0) is 17.6 Å². The Bertz CT molecular complexity index is 1370. The van der Waals surface area contributed by atoms with Crippen LogP contribution < -0.4 is 5.32 Å². The van der Waals surface area contributed by atoms with Crippen LogP contribution in [0.15, 0.2) is 54.7 Å². The van der Waals surface area contributed by atoms with Crippen molar-refractivity contribution in [2.24, 2.45) is 0 Å². The van der Waals surface area contributed by atoms with Crippen LogP contribution in [0.2, 0.25) is 0 Å². The Labute approximate surface area is 210 Å². The van der Waals surface area contributed by atoms with E-state index in [4.69, 9.17) is 0 Å². The van der Waals surface area contributed by atoms with Crippen molar-refractivity contribution in [3.8, 4) is 0 Å². The number of nitrogens with zero attached hydrogens (tertiary/aromatic N) is 2. The predicted molar refractivity (Wildman–Crippen MR) is 137 cm³/mol. The summed E-state index contributed by atoms with van der Waals surface area (Å²) in [6, 6.07) is 14.3. The highest BCUT2D eigenvalue weighted by Crippen LogP contribution is 2.34. The van der Waals surface area contributed by atoms with Crippen molar-refractivity contribution in [2.45, 2.75) is 31.7 Å². The molecule has 1 aliphatic heterocycles. The van der Waals surface area contributed by atoms with Crippen LogP contribution in [0.5, 0.6) is 0 Å². The van der Waals surface area contributed by atoms with E-state index < -0.39 is 5.97 Å². The highest BCUT2D eigenvalue weighted by molar-refractivity contribution is 7.21. The average molecular weight is 510 g/mol. The van der Waals surface area contributed by atoms with E-state index in [-0.39, 0.29) is 24.3 Å². The second-order valence-corrected chi connectivity index (χ2v) is 10.8. The van der Waals surface area contributed by atoms with Gasteiger partial charge in [0.15, 0.2) is 5.13 Å². The van der Waals surface area contributed by atoms with Crippen molar-refractivity contribution in [1.29, 1.82) is 0 Å². The minimum Gasteiger partial charge on any atom is -0.477 e. The number of carbonyl (C=O) groups is 2. The Hall–Kier alpha value is -3.14. The maximum atomic E-state index is 13.1. The maximum Gasteiger partial charge on any atom is 0.346 e. The molecular weight excluding hydrogens is 485 g/mol. The van der Waals surface area contributed by atoms with E-state index in [9.17, 15) is 19.1 Å². The molecule has 1 fully saturated rings. The van der Waals surface area contributed by atoms with Gasteiger partial charge in [0.2, 0.25) is 5.91 Å². The SMILES string of the molecule is O=C(CN1CCC[C@@H]1Cc1c(C(=O)O)sc2ccccc12)Nc1ncc(Cc2ccc(F)cc2)s1. The minimum atomic E-state index is -0.899. The number of fused-ring (bicyclic) bond motifs is 1. The van der Waals surface area contributed by atoms with Crippen molar-refractivity contribution in [1.82, 2.24) is 9.88 Å². The van der Waals surface area contributed by atoms with Gasteiger partial charge >= 0.3 is 5.97 Å². The molecule has 180 valence electrons. The molecule has 0 unspecified atom stereocenters. The zero-order chi connectivity index (χ0) is 24.4. The first-order valence-electron chi connectivity index (χ1n) is 11.4. The third-order valence-electron chi connectivity index (χ3n) is 6.27.